The van der Waals surface area contributed by atoms with E-state index in [4.69, 9.17) is 4.74 Å². The first-order valence-corrected chi connectivity index (χ1v) is 7.98. The SMILES string of the molecule is CCC(C)C(=O)OC(CC)(c1ccccc1)c1ccccc1. The van der Waals surface area contributed by atoms with E-state index in [9.17, 15) is 4.79 Å². The highest BCUT2D eigenvalue weighted by Gasteiger charge is 2.37. The molecule has 0 aliphatic carbocycles. The van der Waals surface area contributed by atoms with Gasteiger partial charge < -0.3 is 4.74 Å². The molecule has 22 heavy (non-hydrogen) atoms. The van der Waals surface area contributed by atoms with E-state index in [0.29, 0.717) is 6.42 Å². The van der Waals surface area contributed by atoms with Crippen LogP contribution in [0.3, 0.4) is 0 Å². The molecule has 2 aromatic rings. The highest BCUT2D eigenvalue weighted by Crippen LogP contribution is 2.37. The molecule has 0 aliphatic heterocycles. The average Bonchev–Trinajstić information content (AvgIpc) is 2.60. The number of hydrogen-bond acceptors (Lipinski definition) is 2. The van der Waals surface area contributed by atoms with Gasteiger partial charge in [-0.1, -0.05) is 81.4 Å². The van der Waals surface area contributed by atoms with Crippen molar-refractivity contribution in [2.75, 3.05) is 0 Å². The quantitative estimate of drug-likeness (QED) is 0.706. The monoisotopic (exact) mass is 296 g/mol. The fourth-order valence-corrected chi connectivity index (χ4v) is 2.62. The molecule has 2 aromatic carbocycles. The highest BCUT2D eigenvalue weighted by atomic mass is 16.6. The average molecular weight is 296 g/mol. The van der Waals surface area contributed by atoms with Crippen LogP contribution in [0.2, 0.25) is 0 Å². The second-order valence-electron chi connectivity index (χ2n) is 5.64. The van der Waals surface area contributed by atoms with Gasteiger partial charge in [0.2, 0.25) is 0 Å². The van der Waals surface area contributed by atoms with E-state index < -0.39 is 5.60 Å². The lowest BCUT2D eigenvalue weighted by Crippen LogP contribution is -2.35. The van der Waals surface area contributed by atoms with Crippen molar-refractivity contribution in [1.82, 2.24) is 0 Å². The molecule has 0 radical (unpaired) electrons. The van der Waals surface area contributed by atoms with Gasteiger partial charge >= 0.3 is 5.97 Å². The van der Waals surface area contributed by atoms with E-state index in [0.717, 1.165) is 17.5 Å². The maximum absolute atomic E-state index is 12.5. The number of carbonyl (C=O) groups is 1. The summed E-state index contributed by atoms with van der Waals surface area (Å²) in [6.07, 6.45) is 1.48. The summed E-state index contributed by atoms with van der Waals surface area (Å²) >= 11 is 0. The highest BCUT2D eigenvalue weighted by molar-refractivity contribution is 5.73. The van der Waals surface area contributed by atoms with E-state index in [1.807, 2.05) is 74.5 Å². The maximum atomic E-state index is 12.5. The van der Waals surface area contributed by atoms with Crippen LogP contribution in [0.15, 0.2) is 60.7 Å². The number of esters is 1. The van der Waals surface area contributed by atoms with Crippen molar-refractivity contribution in [2.24, 2.45) is 5.92 Å². The fourth-order valence-electron chi connectivity index (χ4n) is 2.62. The molecule has 0 heterocycles. The van der Waals surface area contributed by atoms with E-state index >= 15 is 0 Å². The Bertz CT molecular complexity index is 550. The van der Waals surface area contributed by atoms with Gasteiger partial charge in [0, 0.05) is 11.1 Å². The van der Waals surface area contributed by atoms with Crippen molar-refractivity contribution < 1.29 is 9.53 Å². The van der Waals surface area contributed by atoms with Crippen LogP contribution in [-0.2, 0) is 15.1 Å². The van der Waals surface area contributed by atoms with Crippen LogP contribution in [0.1, 0.15) is 44.7 Å². The van der Waals surface area contributed by atoms with Gasteiger partial charge in [0.15, 0.2) is 5.60 Å². The minimum absolute atomic E-state index is 0.0988. The molecule has 2 rings (SSSR count). The smallest absolute Gasteiger partial charge is 0.309 e. The molecule has 2 nitrogen and oxygen atoms in total. The molecule has 0 saturated carbocycles. The van der Waals surface area contributed by atoms with Crippen LogP contribution in [0.25, 0.3) is 0 Å². The van der Waals surface area contributed by atoms with Crippen LogP contribution < -0.4 is 0 Å². The Balaban J connectivity index is 2.51. The summed E-state index contributed by atoms with van der Waals surface area (Å²) < 4.78 is 6.07. The van der Waals surface area contributed by atoms with Crippen LogP contribution in [0.5, 0.6) is 0 Å². The van der Waals surface area contributed by atoms with E-state index in [1.54, 1.807) is 0 Å². The van der Waals surface area contributed by atoms with Gasteiger partial charge in [0.25, 0.3) is 0 Å². The Morgan fingerprint density at radius 3 is 1.77 bits per heavy atom. The van der Waals surface area contributed by atoms with Crippen LogP contribution in [-0.4, -0.2) is 5.97 Å². The molecule has 1 unspecified atom stereocenters. The zero-order valence-corrected chi connectivity index (χ0v) is 13.6. The largest absolute Gasteiger partial charge is 0.449 e. The molecular weight excluding hydrogens is 272 g/mol. The topological polar surface area (TPSA) is 26.3 Å². The van der Waals surface area contributed by atoms with Crippen LogP contribution >= 0.6 is 0 Å². The second kappa shape index (κ2) is 7.26. The summed E-state index contributed by atoms with van der Waals surface area (Å²) in [5.41, 5.74) is 1.31. The molecule has 0 N–H and O–H groups in total. The van der Waals surface area contributed by atoms with Gasteiger partial charge in [-0.25, -0.2) is 0 Å². The summed E-state index contributed by atoms with van der Waals surface area (Å²) in [4.78, 5) is 12.5. The summed E-state index contributed by atoms with van der Waals surface area (Å²) in [7, 11) is 0. The van der Waals surface area contributed by atoms with Gasteiger partial charge in [-0.2, -0.15) is 0 Å². The van der Waals surface area contributed by atoms with Crippen LogP contribution in [0.4, 0.5) is 0 Å². The Kier molecular flexibility index (Phi) is 5.37. The van der Waals surface area contributed by atoms with Crippen molar-refractivity contribution in [2.45, 2.75) is 39.2 Å². The number of ether oxygens (including phenoxy) is 1. The summed E-state index contributed by atoms with van der Waals surface area (Å²) in [5.74, 6) is -0.240. The third-order valence-electron chi connectivity index (χ3n) is 4.27. The molecule has 0 fully saturated rings. The zero-order valence-electron chi connectivity index (χ0n) is 13.6. The first-order chi connectivity index (χ1) is 10.6. The number of carbonyl (C=O) groups excluding carboxylic acids is 1. The second-order valence-corrected chi connectivity index (χ2v) is 5.64. The first-order valence-electron chi connectivity index (χ1n) is 7.98. The van der Waals surface area contributed by atoms with E-state index in [2.05, 4.69) is 6.92 Å². The Labute approximate surface area is 133 Å². The molecule has 0 saturated heterocycles. The lowest BCUT2D eigenvalue weighted by molar-refractivity contribution is -0.162. The van der Waals surface area contributed by atoms with Crippen molar-refractivity contribution >= 4 is 5.97 Å². The minimum Gasteiger partial charge on any atom is -0.449 e. The zero-order chi connectivity index (χ0) is 16.0. The number of rotatable bonds is 6. The Morgan fingerprint density at radius 2 is 1.41 bits per heavy atom. The Hall–Kier alpha value is -2.09. The lowest BCUT2D eigenvalue weighted by atomic mass is 9.83. The van der Waals surface area contributed by atoms with Gasteiger partial charge in [0.05, 0.1) is 5.92 Å². The van der Waals surface area contributed by atoms with E-state index in [-0.39, 0.29) is 11.9 Å². The molecule has 2 heteroatoms. The predicted molar refractivity (Wildman–Crippen MR) is 89.5 cm³/mol. The van der Waals surface area contributed by atoms with Gasteiger partial charge in [-0.3, -0.25) is 4.79 Å². The Morgan fingerprint density at radius 1 is 0.955 bits per heavy atom. The normalized spacial score (nSPS) is 12.7. The summed E-state index contributed by atoms with van der Waals surface area (Å²) in [6.45, 7) is 5.98. The van der Waals surface area contributed by atoms with Crippen molar-refractivity contribution in [3.8, 4) is 0 Å². The summed E-state index contributed by atoms with van der Waals surface area (Å²) in [6, 6.07) is 20.0. The van der Waals surface area contributed by atoms with Crippen LogP contribution in [0, 0.1) is 5.92 Å². The fraction of sp³-hybridized carbons (Fsp3) is 0.350. The molecule has 0 bridgehead atoms. The summed E-state index contributed by atoms with van der Waals surface area (Å²) in [5, 5.41) is 0. The maximum Gasteiger partial charge on any atom is 0.309 e. The molecule has 0 spiro atoms. The first kappa shape index (κ1) is 16.3. The molecular formula is C20H24O2. The van der Waals surface area contributed by atoms with Gasteiger partial charge in [0.1, 0.15) is 0 Å². The van der Waals surface area contributed by atoms with Crippen molar-refractivity contribution in [1.29, 1.82) is 0 Å². The number of hydrogen-bond donors (Lipinski definition) is 0. The standard InChI is InChI=1S/C20H24O2/c1-4-16(3)19(21)22-20(5-2,17-12-8-6-9-13-17)18-14-10-7-11-15-18/h6-16H,4-5H2,1-3H3. The third-order valence-corrected chi connectivity index (χ3v) is 4.27. The molecule has 116 valence electrons. The minimum atomic E-state index is -0.719. The molecule has 0 amide bonds. The van der Waals surface area contributed by atoms with E-state index in [1.165, 1.54) is 0 Å². The third kappa shape index (κ3) is 3.22. The lowest BCUT2D eigenvalue weighted by Gasteiger charge is -2.34. The van der Waals surface area contributed by atoms with Gasteiger partial charge in [-0.15, -0.1) is 0 Å². The molecule has 0 aliphatic rings. The van der Waals surface area contributed by atoms with Crippen molar-refractivity contribution in [3.05, 3.63) is 71.8 Å². The molecule has 1 atom stereocenters. The van der Waals surface area contributed by atoms with Crippen molar-refractivity contribution in [3.63, 3.8) is 0 Å². The molecule has 0 aromatic heterocycles. The predicted octanol–water partition coefficient (Wildman–Crippen LogP) is 4.93. The van der Waals surface area contributed by atoms with Gasteiger partial charge in [-0.05, 0) is 12.8 Å². The number of benzene rings is 2.